The van der Waals surface area contributed by atoms with Crippen molar-refractivity contribution < 1.29 is 10.2 Å². The first-order valence-corrected chi connectivity index (χ1v) is 6.51. The van der Waals surface area contributed by atoms with Crippen LogP contribution in [0.25, 0.3) is 0 Å². The average Bonchev–Trinajstić information content (AvgIpc) is 2.29. The number of rotatable bonds is 6. The van der Waals surface area contributed by atoms with E-state index in [9.17, 15) is 5.11 Å². The molecule has 0 fully saturated rings. The van der Waals surface area contributed by atoms with E-state index in [2.05, 4.69) is 0 Å². The fraction of sp³-hybridized carbons (Fsp3) is 0.500. The Bertz CT molecular complexity index is 302. The van der Waals surface area contributed by atoms with E-state index in [4.69, 9.17) is 10.8 Å². The van der Waals surface area contributed by atoms with Crippen molar-refractivity contribution in [2.75, 3.05) is 23.8 Å². The molecule has 0 amide bonds. The molecule has 0 aliphatic heterocycles. The standard InChI is InChI=1S/C12H19NO2S/c1-9(6-14)7-16-8-12(15)10-2-4-11(13)5-3-10/h2-5,9,12,14-15H,6-8,13H2,1H3. The van der Waals surface area contributed by atoms with Crippen LogP contribution < -0.4 is 5.73 Å². The highest BCUT2D eigenvalue weighted by Crippen LogP contribution is 2.20. The van der Waals surface area contributed by atoms with Gasteiger partial charge in [-0.25, -0.2) is 0 Å². The second-order valence-electron chi connectivity index (χ2n) is 4.01. The normalized spacial score (nSPS) is 14.7. The summed E-state index contributed by atoms with van der Waals surface area (Å²) in [5.74, 6) is 1.79. The number of hydrogen-bond donors (Lipinski definition) is 3. The molecule has 3 nitrogen and oxygen atoms in total. The molecule has 0 aliphatic rings. The fourth-order valence-electron chi connectivity index (χ4n) is 1.25. The van der Waals surface area contributed by atoms with Crippen molar-refractivity contribution in [1.82, 2.24) is 0 Å². The SMILES string of the molecule is CC(CO)CSCC(O)c1ccc(N)cc1. The van der Waals surface area contributed by atoms with Gasteiger partial charge in [0.15, 0.2) is 0 Å². The Kier molecular flexibility index (Phi) is 5.66. The molecule has 0 aliphatic carbocycles. The summed E-state index contributed by atoms with van der Waals surface area (Å²) in [5.41, 5.74) is 7.16. The topological polar surface area (TPSA) is 66.5 Å². The lowest BCUT2D eigenvalue weighted by molar-refractivity contribution is 0.204. The molecule has 1 rings (SSSR count). The van der Waals surface area contributed by atoms with Crippen LogP contribution in [0.15, 0.2) is 24.3 Å². The predicted octanol–water partition coefficient (Wildman–Crippen LogP) is 1.66. The van der Waals surface area contributed by atoms with Gasteiger partial charge in [-0.05, 0) is 29.4 Å². The van der Waals surface area contributed by atoms with Gasteiger partial charge in [-0.2, -0.15) is 11.8 Å². The quantitative estimate of drug-likeness (QED) is 0.663. The van der Waals surface area contributed by atoms with Gasteiger partial charge in [0.1, 0.15) is 0 Å². The van der Waals surface area contributed by atoms with Crippen molar-refractivity contribution >= 4 is 17.4 Å². The number of aliphatic hydroxyl groups excluding tert-OH is 2. The molecule has 4 N–H and O–H groups in total. The maximum atomic E-state index is 9.87. The Labute approximate surface area is 101 Å². The summed E-state index contributed by atoms with van der Waals surface area (Å²) >= 11 is 1.65. The molecular weight excluding hydrogens is 222 g/mol. The summed E-state index contributed by atoms with van der Waals surface area (Å²) in [6.45, 7) is 2.19. The van der Waals surface area contributed by atoms with E-state index in [-0.39, 0.29) is 12.5 Å². The number of nitrogen functional groups attached to an aromatic ring is 1. The van der Waals surface area contributed by atoms with Crippen LogP contribution >= 0.6 is 11.8 Å². The molecule has 4 heteroatoms. The number of thioether (sulfide) groups is 1. The van der Waals surface area contributed by atoms with Crippen LogP contribution in [0.5, 0.6) is 0 Å². The number of aliphatic hydroxyl groups is 2. The molecule has 0 saturated carbocycles. The van der Waals surface area contributed by atoms with Crippen molar-refractivity contribution in [3.63, 3.8) is 0 Å². The number of nitrogens with two attached hydrogens (primary N) is 1. The van der Waals surface area contributed by atoms with Crippen molar-refractivity contribution in [2.24, 2.45) is 5.92 Å². The second kappa shape index (κ2) is 6.78. The third kappa shape index (κ3) is 4.43. The van der Waals surface area contributed by atoms with Gasteiger partial charge in [0.05, 0.1) is 6.10 Å². The maximum Gasteiger partial charge on any atom is 0.0880 e. The summed E-state index contributed by atoms with van der Waals surface area (Å²) in [6, 6.07) is 7.27. The highest BCUT2D eigenvalue weighted by molar-refractivity contribution is 7.99. The molecule has 0 saturated heterocycles. The molecule has 2 unspecified atom stereocenters. The van der Waals surface area contributed by atoms with Crippen LogP contribution in [0, 0.1) is 5.92 Å². The van der Waals surface area contributed by atoms with E-state index in [0.717, 1.165) is 11.3 Å². The summed E-state index contributed by atoms with van der Waals surface area (Å²) < 4.78 is 0. The zero-order chi connectivity index (χ0) is 12.0. The zero-order valence-electron chi connectivity index (χ0n) is 9.47. The van der Waals surface area contributed by atoms with Crippen LogP contribution in [0.3, 0.4) is 0 Å². The van der Waals surface area contributed by atoms with Gasteiger partial charge in [-0.3, -0.25) is 0 Å². The molecule has 0 radical (unpaired) electrons. The van der Waals surface area contributed by atoms with Gasteiger partial charge < -0.3 is 15.9 Å². The fourth-order valence-corrected chi connectivity index (χ4v) is 2.31. The summed E-state index contributed by atoms with van der Waals surface area (Å²) in [4.78, 5) is 0. The number of anilines is 1. The largest absolute Gasteiger partial charge is 0.399 e. The lowest BCUT2D eigenvalue weighted by atomic mass is 10.1. The van der Waals surface area contributed by atoms with Crippen molar-refractivity contribution in [3.05, 3.63) is 29.8 Å². The van der Waals surface area contributed by atoms with Gasteiger partial charge >= 0.3 is 0 Å². The summed E-state index contributed by atoms with van der Waals surface area (Å²) in [5, 5.41) is 18.7. The Morgan fingerprint density at radius 1 is 1.25 bits per heavy atom. The van der Waals surface area contributed by atoms with Crippen molar-refractivity contribution in [2.45, 2.75) is 13.0 Å². The van der Waals surface area contributed by atoms with E-state index in [1.807, 2.05) is 19.1 Å². The number of benzene rings is 1. The Hall–Kier alpha value is -0.710. The van der Waals surface area contributed by atoms with Crippen molar-refractivity contribution in [1.29, 1.82) is 0 Å². The highest BCUT2D eigenvalue weighted by Gasteiger charge is 2.08. The maximum absolute atomic E-state index is 9.87. The Morgan fingerprint density at radius 2 is 1.88 bits per heavy atom. The predicted molar refractivity (Wildman–Crippen MR) is 69.4 cm³/mol. The second-order valence-corrected chi connectivity index (χ2v) is 5.08. The third-order valence-corrected chi connectivity index (χ3v) is 3.67. The van der Waals surface area contributed by atoms with E-state index in [1.165, 1.54) is 0 Å². The van der Waals surface area contributed by atoms with E-state index >= 15 is 0 Å². The average molecular weight is 241 g/mol. The van der Waals surface area contributed by atoms with Gasteiger partial charge in [0, 0.05) is 18.0 Å². The third-order valence-electron chi connectivity index (χ3n) is 2.31. The molecule has 90 valence electrons. The first-order valence-electron chi connectivity index (χ1n) is 5.35. The first kappa shape index (κ1) is 13.4. The minimum Gasteiger partial charge on any atom is -0.399 e. The summed E-state index contributed by atoms with van der Waals surface area (Å²) in [6.07, 6.45) is -0.462. The van der Waals surface area contributed by atoms with Gasteiger partial charge in [0.2, 0.25) is 0 Å². The molecule has 0 bridgehead atoms. The Balaban J connectivity index is 2.35. The summed E-state index contributed by atoms with van der Waals surface area (Å²) in [7, 11) is 0. The molecule has 2 atom stereocenters. The van der Waals surface area contributed by atoms with Crippen LogP contribution in [0.1, 0.15) is 18.6 Å². The van der Waals surface area contributed by atoms with Gasteiger partial charge in [-0.1, -0.05) is 19.1 Å². The molecule has 1 aromatic rings. The monoisotopic (exact) mass is 241 g/mol. The molecule has 0 heterocycles. The van der Waals surface area contributed by atoms with Crippen LogP contribution in [0.4, 0.5) is 5.69 Å². The van der Waals surface area contributed by atoms with Crippen molar-refractivity contribution in [3.8, 4) is 0 Å². The van der Waals surface area contributed by atoms with E-state index in [1.54, 1.807) is 23.9 Å². The zero-order valence-corrected chi connectivity index (χ0v) is 10.3. The lowest BCUT2D eigenvalue weighted by Gasteiger charge is -2.12. The smallest absolute Gasteiger partial charge is 0.0880 e. The van der Waals surface area contributed by atoms with Gasteiger partial charge in [-0.15, -0.1) is 0 Å². The minimum atomic E-state index is -0.462. The van der Waals surface area contributed by atoms with E-state index in [0.29, 0.717) is 11.4 Å². The molecule has 0 spiro atoms. The molecule has 0 aromatic heterocycles. The van der Waals surface area contributed by atoms with Crippen LogP contribution in [0.2, 0.25) is 0 Å². The van der Waals surface area contributed by atoms with Crippen LogP contribution in [-0.4, -0.2) is 28.3 Å². The lowest BCUT2D eigenvalue weighted by Crippen LogP contribution is -2.07. The van der Waals surface area contributed by atoms with E-state index < -0.39 is 6.10 Å². The number of hydrogen-bond acceptors (Lipinski definition) is 4. The molecule has 1 aromatic carbocycles. The van der Waals surface area contributed by atoms with Crippen LogP contribution in [-0.2, 0) is 0 Å². The highest BCUT2D eigenvalue weighted by atomic mass is 32.2. The Morgan fingerprint density at radius 3 is 2.44 bits per heavy atom. The van der Waals surface area contributed by atoms with Gasteiger partial charge in [0.25, 0.3) is 0 Å². The minimum absolute atomic E-state index is 0.199. The first-order chi connectivity index (χ1) is 7.63. The molecular formula is C12H19NO2S. The molecule has 16 heavy (non-hydrogen) atoms.